The zero-order valence-electron chi connectivity index (χ0n) is 20.9. The molecule has 4 N–H and O–H groups in total. The number of hydrogen-bond donors (Lipinski definition) is 3. The van der Waals surface area contributed by atoms with Gasteiger partial charge in [0.1, 0.15) is 17.2 Å². The highest BCUT2D eigenvalue weighted by molar-refractivity contribution is 6.09. The molecule has 3 heterocycles. The molecule has 10 heteroatoms. The first-order valence-electron chi connectivity index (χ1n) is 12.1. The molecule has 0 saturated heterocycles. The van der Waals surface area contributed by atoms with E-state index in [1.54, 1.807) is 61.8 Å². The van der Waals surface area contributed by atoms with Crippen LogP contribution in [0.15, 0.2) is 77.9 Å². The Bertz CT molecular complexity index is 1840. The average molecular weight is 518 g/mol. The summed E-state index contributed by atoms with van der Waals surface area (Å²) < 4.78 is 1.46. The SMILES string of the molecule is CC(NC(=O)c1c(N)ncc2cccnc12)c1nc2cccc(C#CCNC=O)c2c(=O)n1-c1ccccc1. The maximum atomic E-state index is 14.0. The summed E-state index contributed by atoms with van der Waals surface area (Å²) in [6, 6.07) is 17.1. The number of benzene rings is 2. The molecule has 1 unspecified atom stereocenters. The number of para-hydroxylation sites is 1. The number of anilines is 1. The first kappa shape index (κ1) is 25.1. The molecule has 0 aliphatic heterocycles. The number of amides is 2. The number of nitrogen functional groups attached to an aromatic ring is 1. The van der Waals surface area contributed by atoms with E-state index in [4.69, 9.17) is 10.7 Å². The zero-order chi connectivity index (χ0) is 27.4. The highest BCUT2D eigenvalue weighted by Gasteiger charge is 2.23. The molecule has 0 aliphatic rings. The summed E-state index contributed by atoms with van der Waals surface area (Å²) in [5, 5.41) is 6.40. The summed E-state index contributed by atoms with van der Waals surface area (Å²) in [4.78, 5) is 51.2. The van der Waals surface area contributed by atoms with E-state index in [1.807, 2.05) is 18.2 Å². The minimum atomic E-state index is -0.709. The Morgan fingerprint density at radius 2 is 1.92 bits per heavy atom. The van der Waals surface area contributed by atoms with Crippen LogP contribution in [0.4, 0.5) is 5.82 Å². The molecule has 39 heavy (non-hydrogen) atoms. The number of nitrogens with zero attached hydrogens (tertiary/aromatic N) is 4. The lowest BCUT2D eigenvalue weighted by molar-refractivity contribution is -0.109. The third-order valence-electron chi connectivity index (χ3n) is 6.07. The monoisotopic (exact) mass is 517 g/mol. The Labute approximate surface area is 222 Å². The molecule has 0 aliphatic carbocycles. The van der Waals surface area contributed by atoms with Gasteiger partial charge in [0.15, 0.2) is 0 Å². The van der Waals surface area contributed by atoms with Crippen molar-refractivity contribution in [2.75, 3.05) is 12.3 Å². The Morgan fingerprint density at radius 1 is 1.10 bits per heavy atom. The van der Waals surface area contributed by atoms with Gasteiger partial charge in [0.25, 0.3) is 11.5 Å². The van der Waals surface area contributed by atoms with Crippen LogP contribution in [0.2, 0.25) is 0 Å². The third-order valence-corrected chi connectivity index (χ3v) is 6.07. The molecular formula is C29H23N7O3. The van der Waals surface area contributed by atoms with E-state index in [9.17, 15) is 14.4 Å². The van der Waals surface area contributed by atoms with Gasteiger partial charge in [0.2, 0.25) is 6.41 Å². The minimum absolute atomic E-state index is 0.0464. The van der Waals surface area contributed by atoms with Gasteiger partial charge in [-0.15, -0.1) is 0 Å². The van der Waals surface area contributed by atoms with E-state index < -0.39 is 11.9 Å². The van der Waals surface area contributed by atoms with Gasteiger partial charge >= 0.3 is 0 Å². The predicted molar refractivity (Wildman–Crippen MR) is 148 cm³/mol. The number of fused-ring (bicyclic) bond motifs is 2. The third kappa shape index (κ3) is 4.89. The molecule has 1 atom stereocenters. The van der Waals surface area contributed by atoms with Gasteiger partial charge in [0, 0.05) is 23.3 Å². The topological polar surface area (TPSA) is 145 Å². The molecule has 0 fully saturated rings. The van der Waals surface area contributed by atoms with Crippen LogP contribution >= 0.6 is 0 Å². The molecule has 0 radical (unpaired) electrons. The average Bonchev–Trinajstić information content (AvgIpc) is 2.95. The molecular weight excluding hydrogens is 494 g/mol. The summed E-state index contributed by atoms with van der Waals surface area (Å²) in [5.41, 5.74) is 7.78. The van der Waals surface area contributed by atoms with Gasteiger partial charge in [-0.3, -0.25) is 23.9 Å². The fourth-order valence-corrected chi connectivity index (χ4v) is 4.31. The highest BCUT2D eigenvalue weighted by atomic mass is 16.2. The van der Waals surface area contributed by atoms with Gasteiger partial charge in [-0.1, -0.05) is 36.1 Å². The number of carbonyl (C=O) groups excluding carboxylic acids is 2. The van der Waals surface area contributed by atoms with Crippen molar-refractivity contribution in [1.82, 2.24) is 30.2 Å². The van der Waals surface area contributed by atoms with E-state index in [1.165, 1.54) is 4.57 Å². The summed E-state index contributed by atoms with van der Waals surface area (Å²) in [6.07, 6.45) is 3.70. The van der Waals surface area contributed by atoms with Crippen molar-refractivity contribution in [1.29, 1.82) is 0 Å². The van der Waals surface area contributed by atoms with Gasteiger partial charge in [0.05, 0.1) is 34.7 Å². The Kier molecular flexibility index (Phi) is 6.96. The van der Waals surface area contributed by atoms with Gasteiger partial charge in [-0.25, -0.2) is 9.97 Å². The van der Waals surface area contributed by atoms with Crippen LogP contribution in [0.3, 0.4) is 0 Å². The van der Waals surface area contributed by atoms with E-state index in [2.05, 4.69) is 32.4 Å². The predicted octanol–water partition coefficient (Wildman–Crippen LogP) is 2.50. The van der Waals surface area contributed by atoms with Crippen LogP contribution in [0.1, 0.15) is 34.7 Å². The second-order valence-electron chi connectivity index (χ2n) is 8.60. The van der Waals surface area contributed by atoms with E-state index in [0.717, 1.165) is 0 Å². The van der Waals surface area contributed by atoms with Crippen molar-refractivity contribution in [3.63, 3.8) is 0 Å². The molecule has 2 aromatic carbocycles. The van der Waals surface area contributed by atoms with Crippen LogP contribution in [0.25, 0.3) is 27.5 Å². The summed E-state index contributed by atoms with van der Waals surface area (Å²) in [5.74, 6) is 5.65. The lowest BCUT2D eigenvalue weighted by Gasteiger charge is -2.20. The fraction of sp³-hybridized carbons (Fsp3) is 0.103. The second-order valence-corrected chi connectivity index (χ2v) is 8.60. The first-order valence-corrected chi connectivity index (χ1v) is 12.1. The van der Waals surface area contributed by atoms with E-state index in [0.29, 0.717) is 45.3 Å². The van der Waals surface area contributed by atoms with E-state index >= 15 is 0 Å². The maximum Gasteiger partial charge on any atom is 0.267 e. The van der Waals surface area contributed by atoms with Crippen molar-refractivity contribution >= 4 is 39.9 Å². The van der Waals surface area contributed by atoms with Crippen LogP contribution in [-0.2, 0) is 4.79 Å². The van der Waals surface area contributed by atoms with Gasteiger partial charge < -0.3 is 16.4 Å². The van der Waals surface area contributed by atoms with Crippen LogP contribution in [0.5, 0.6) is 0 Å². The lowest BCUT2D eigenvalue weighted by Crippen LogP contribution is -2.34. The number of pyridine rings is 2. The largest absolute Gasteiger partial charge is 0.383 e. The molecule has 0 saturated carbocycles. The second kappa shape index (κ2) is 10.8. The lowest BCUT2D eigenvalue weighted by atomic mass is 10.1. The minimum Gasteiger partial charge on any atom is -0.383 e. The van der Waals surface area contributed by atoms with Crippen molar-refractivity contribution in [3.8, 4) is 17.5 Å². The number of rotatable bonds is 6. The molecule has 3 aromatic heterocycles. The molecule has 2 amide bonds. The summed E-state index contributed by atoms with van der Waals surface area (Å²) in [7, 11) is 0. The number of nitrogens with two attached hydrogens (primary N) is 1. The van der Waals surface area contributed by atoms with E-state index in [-0.39, 0.29) is 23.5 Å². The standard InChI is InChI=1S/C29H23N7O3/c1-18(34-28(38)24-25-20(10-7-15-32-25)16-33-26(24)30)27-35-22-13-5-8-19(9-6-14-31-17-37)23(22)29(39)36(27)21-11-3-2-4-12-21/h2-5,7-8,10-13,15-18H,14H2,1H3,(H2,30,33)(H,31,37)(H,34,38). The van der Waals surface area contributed by atoms with Crippen molar-refractivity contribution in [2.45, 2.75) is 13.0 Å². The Morgan fingerprint density at radius 3 is 2.72 bits per heavy atom. The number of carbonyl (C=O) groups is 2. The molecule has 192 valence electrons. The maximum absolute atomic E-state index is 14.0. The zero-order valence-corrected chi connectivity index (χ0v) is 20.9. The van der Waals surface area contributed by atoms with Crippen LogP contribution < -0.4 is 21.9 Å². The summed E-state index contributed by atoms with van der Waals surface area (Å²) >= 11 is 0. The molecule has 10 nitrogen and oxygen atoms in total. The normalized spacial score (nSPS) is 11.4. The van der Waals surface area contributed by atoms with Crippen molar-refractivity contribution in [3.05, 3.63) is 100 Å². The Hall–Kier alpha value is -5.56. The van der Waals surface area contributed by atoms with Crippen LogP contribution in [-0.4, -0.2) is 38.4 Å². The summed E-state index contributed by atoms with van der Waals surface area (Å²) in [6.45, 7) is 1.88. The van der Waals surface area contributed by atoms with Crippen molar-refractivity contribution in [2.24, 2.45) is 0 Å². The smallest absolute Gasteiger partial charge is 0.267 e. The highest BCUT2D eigenvalue weighted by Crippen LogP contribution is 2.23. The molecule has 5 rings (SSSR count). The first-order chi connectivity index (χ1) is 19.0. The fourth-order valence-electron chi connectivity index (χ4n) is 4.31. The van der Waals surface area contributed by atoms with Crippen LogP contribution in [0, 0.1) is 11.8 Å². The molecule has 0 bridgehead atoms. The van der Waals surface area contributed by atoms with Crippen molar-refractivity contribution < 1.29 is 9.59 Å². The molecule has 0 spiro atoms. The number of hydrogen-bond acceptors (Lipinski definition) is 7. The number of aromatic nitrogens is 4. The quantitative estimate of drug-likeness (QED) is 0.178. The van der Waals surface area contributed by atoms with Gasteiger partial charge in [-0.05, 0) is 43.3 Å². The Balaban J connectivity index is 1.63. The number of nitrogens with one attached hydrogen (secondary N) is 2. The van der Waals surface area contributed by atoms with Gasteiger partial charge in [-0.2, -0.15) is 0 Å². The molecule has 5 aromatic rings.